The van der Waals surface area contributed by atoms with Crippen LogP contribution in [0.5, 0.6) is 5.75 Å². The Morgan fingerprint density at radius 1 is 1.04 bits per heavy atom. The molecule has 0 saturated carbocycles. The summed E-state index contributed by atoms with van der Waals surface area (Å²) in [5.74, 6) is -0.202. The summed E-state index contributed by atoms with van der Waals surface area (Å²) < 4.78 is 20.0. The normalized spacial score (nSPS) is 15.2. The Hall–Kier alpha value is -2.19. The average Bonchev–Trinajstić information content (AvgIpc) is 2.86. The van der Waals surface area contributed by atoms with Gasteiger partial charge < -0.3 is 10.1 Å². The minimum absolute atomic E-state index is 0.170. The molecule has 1 fully saturated rings. The second kappa shape index (κ2) is 7.37. The molecule has 5 nitrogen and oxygen atoms in total. The third-order valence-corrected chi connectivity index (χ3v) is 4.53. The first kappa shape index (κ1) is 17.6. The Labute approximate surface area is 159 Å². The summed E-state index contributed by atoms with van der Waals surface area (Å²) >= 11 is 6.85. The molecule has 25 heavy (non-hydrogen) atoms. The second-order valence-corrected chi connectivity index (χ2v) is 6.90. The van der Waals surface area contributed by atoms with Gasteiger partial charge in [-0.1, -0.05) is 12.1 Å². The molecule has 1 aliphatic heterocycles. The van der Waals surface area contributed by atoms with Crippen LogP contribution in [-0.4, -0.2) is 11.9 Å². The summed E-state index contributed by atoms with van der Waals surface area (Å²) in [4.78, 5) is 22.7. The van der Waals surface area contributed by atoms with Crippen molar-refractivity contribution in [2.24, 2.45) is 0 Å². The van der Waals surface area contributed by atoms with Crippen molar-refractivity contribution >= 4 is 49.9 Å². The number of imide groups is 1. The molecule has 8 heteroatoms. The van der Waals surface area contributed by atoms with E-state index >= 15 is 0 Å². The summed E-state index contributed by atoms with van der Waals surface area (Å²) in [5, 5.41) is 4.56. The molecule has 2 aromatic carbocycles. The average molecular weight is 470 g/mol. The van der Waals surface area contributed by atoms with Gasteiger partial charge in [0, 0.05) is 0 Å². The van der Waals surface area contributed by atoms with E-state index in [0.29, 0.717) is 20.3 Å². The zero-order chi connectivity index (χ0) is 18.0. The molecule has 1 saturated heterocycles. The predicted octanol–water partition coefficient (Wildman–Crippen LogP) is 4.11. The lowest BCUT2D eigenvalue weighted by Crippen LogP contribution is -2.22. The second-order valence-electron chi connectivity index (χ2n) is 5.20. The number of rotatable bonds is 4. The quantitative estimate of drug-likeness (QED) is 0.523. The van der Waals surface area contributed by atoms with Gasteiger partial charge >= 0.3 is 6.03 Å². The maximum absolute atomic E-state index is 12.9. The first-order valence-corrected chi connectivity index (χ1v) is 8.71. The first-order chi connectivity index (χ1) is 11.9. The molecular weight excluding hydrogens is 459 g/mol. The smallest absolute Gasteiger partial charge is 0.326 e. The molecule has 0 atom stereocenters. The molecule has 0 unspecified atom stereocenters. The van der Waals surface area contributed by atoms with E-state index in [1.807, 2.05) is 0 Å². The maximum Gasteiger partial charge on any atom is 0.326 e. The van der Waals surface area contributed by atoms with E-state index in [1.165, 1.54) is 12.1 Å². The van der Waals surface area contributed by atoms with Gasteiger partial charge in [-0.2, -0.15) is 0 Å². The zero-order valence-corrected chi connectivity index (χ0v) is 15.8. The van der Waals surface area contributed by atoms with Crippen molar-refractivity contribution in [3.8, 4) is 5.75 Å². The lowest BCUT2D eigenvalue weighted by Gasteiger charge is -2.11. The molecule has 0 bridgehead atoms. The minimum atomic E-state index is -0.548. The molecule has 2 aromatic rings. The Bertz CT molecular complexity index is 859. The number of carbonyl (C=O) groups excluding carboxylic acids is 2. The van der Waals surface area contributed by atoms with E-state index in [2.05, 4.69) is 42.5 Å². The molecule has 0 aliphatic carbocycles. The fourth-order valence-corrected chi connectivity index (χ4v) is 3.64. The largest absolute Gasteiger partial charge is 0.487 e. The van der Waals surface area contributed by atoms with E-state index in [4.69, 9.17) is 4.74 Å². The number of halogens is 3. The van der Waals surface area contributed by atoms with Crippen molar-refractivity contribution in [2.75, 3.05) is 0 Å². The number of carbonyl (C=O) groups is 2. The van der Waals surface area contributed by atoms with Gasteiger partial charge in [0.25, 0.3) is 5.91 Å². The van der Waals surface area contributed by atoms with Gasteiger partial charge in [-0.25, -0.2) is 9.18 Å². The number of hydrogen-bond donors (Lipinski definition) is 2. The highest BCUT2D eigenvalue weighted by Gasteiger charge is 2.23. The van der Waals surface area contributed by atoms with Crippen LogP contribution < -0.4 is 15.4 Å². The van der Waals surface area contributed by atoms with Crippen molar-refractivity contribution in [2.45, 2.75) is 6.61 Å². The molecule has 0 aromatic heterocycles. The summed E-state index contributed by atoms with van der Waals surface area (Å²) in [6, 6.07) is 9.02. The molecule has 0 spiro atoms. The Morgan fingerprint density at radius 3 is 2.24 bits per heavy atom. The van der Waals surface area contributed by atoms with E-state index in [-0.39, 0.29) is 18.1 Å². The summed E-state index contributed by atoms with van der Waals surface area (Å²) in [6.45, 7) is 0.274. The van der Waals surface area contributed by atoms with Gasteiger partial charge in [0.1, 0.15) is 23.9 Å². The maximum atomic E-state index is 12.9. The van der Waals surface area contributed by atoms with Crippen LogP contribution in [-0.2, 0) is 11.4 Å². The molecule has 128 valence electrons. The van der Waals surface area contributed by atoms with Gasteiger partial charge in [-0.05, 0) is 73.3 Å². The lowest BCUT2D eigenvalue weighted by molar-refractivity contribution is -0.115. The molecule has 2 N–H and O–H groups in total. The number of ether oxygens (including phenoxy) is 1. The van der Waals surface area contributed by atoms with Crippen LogP contribution in [0.2, 0.25) is 0 Å². The summed E-state index contributed by atoms with van der Waals surface area (Å²) in [6.07, 6.45) is 1.56. The van der Waals surface area contributed by atoms with Gasteiger partial charge in [0.05, 0.1) is 8.95 Å². The first-order valence-electron chi connectivity index (χ1n) is 7.12. The van der Waals surface area contributed by atoms with E-state index in [0.717, 1.165) is 5.56 Å². The molecule has 1 heterocycles. The van der Waals surface area contributed by atoms with E-state index in [9.17, 15) is 14.0 Å². The fraction of sp³-hybridized carbons (Fsp3) is 0.0588. The summed E-state index contributed by atoms with van der Waals surface area (Å²) in [7, 11) is 0. The van der Waals surface area contributed by atoms with Gasteiger partial charge in [-0.3, -0.25) is 10.1 Å². The zero-order valence-electron chi connectivity index (χ0n) is 12.6. The highest BCUT2D eigenvalue weighted by molar-refractivity contribution is 9.11. The van der Waals surface area contributed by atoms with Crippen LogP contribution in [0.25, 0.3) is 6.08 Å². The van der Waals surface area contributed by atoms with Crippen LogP contribution >= 0.6 is 31.9 Å². The fourth-order valence-electron chi connectivity index (χ4n) is 2.19. The standard InChI is InChI=1S/C17H11Br2FN2O3/c18-12-5-10(7-14-16(23)22-17(24)21-14)6-13(19)15(12)25-8-9-1-3-11(20)4-2-9/h1-7H,8H2,(H2,21,22,23,24)/b14-7+. The Balaban J connectivity index is 1.78. The van der Waals surface area contributed by atoms with E-state index in [1.54, 1.807) is 30.3 Å². The number of nitrogens with one attached hydrogen (secondary N) is 2. The van der Waals surface area contributed by atoms with Crippen molar-refractivity contribution < 1.29 is 18.7 Å². The highest BCUT2D eigenvalue weighted by atomic mass is 79.9. The third kappa shape index (κ3) is 4.26. The van der Waals surface area contributed by atoms with E-state index < -0.39 is 11.9 Å². The van der Waals surface area contributed by atoms with Crippen molar-refractivity contribution in [1.29, 1.82) is 0 Å². The van der Waals surface area contributed by atoms with Gasteiger partial charge in [-0.15, -0.1) is 0 Å². The molecule has 1 aliphatic rings. The van der Waals surface area contributed by atoms with Crippen LogP contribution in [0, 0.1) is 5.82 Å². The lowest BCUT2D eigenvalue weighted by atomic mass is 10.2. The summed E-state index contributed by atoms with van der Waals surface area (Å²) in [5.41, 5.74) is 1.70. The number of urea groups is 1. The van der Waals surface area contributed by atoms with Crippen LogP contribution in [0.1, 0.15) is 11.1 Å². The number of amides is 3. The monoisotopic (exact) mass is 468 g/mol. The van der Waals surface area contributed by atoms with Crippen molar-refractivity contribution in [3.63, 3.8) is 0 Å². The molecule has 3 amide bonds. The van der Waals surface area contributed by atoms with Crippen molar-refractivity contribution in [3.05, 3.63) is 68.0 Å². The number of hydrogen-bond acceptors (Lipinski definition) is 3. The van der Waals surface area contributed by atoms with Crippen LogP contribution in [0.3, 0.4) is 0 Å². The molecule has 0 radical (unpaired) electrons. The Morgan fingerprint density at radius 2 is 1.68 bits per heavy atom. The van der Waals surface area contributed by atoms with Crippen LogP contribution in [0.15, 0.2) is 51.0 Å². The predicted molar refractivity (Wildman–Crippen MR) is 97.2 cm³/mol. The highest BCUT2D eigenvalue weighted by Crippen LogP contribution is 2.36. The van der Waals surface area contributed by atoms with Crippen molar-refractivity contribution in [1.82, 2.24) is 10.6 Å². The topological polar surface area (TPSA) is 67.4 Å². The van der Waals surface area contributed by atoms with Gasteiger partial charge in [0.2, 0.25) is 0 Å². The number of benzene rings is 2. The van der Waals surface area contributed by atoms with Gasteiger partial charge in [0.15, 0.2) is 0 Å². The molecule has 3 rings (SSSR count). The Kier molecular flexibility index (Phi) is 5.19. The molecular formula is C17H11Br2FN2O3. The minimum Gasteiger partial charge on any atom is -0.487 e. The van der Waals surface area contributed by atoms with Crippen LogP contribution in [0.4, 0.5) is 9.18 Å². The SMILES string of the molecule is O=C1NC(=O)/C(=C\c2cc(Br)c(OCc3ccc(F)cc3)c(Br)c2)N1. The third-order valence-electron chi connectivity index (χ3n) is 3.35.